The van der Waals surface area contributed by atoms with Gasteiger partial charge >= 0.3 is 0 Å². The highest BCUT2D eigenvalue weighted by Crippen LogP contribution is 2.31. The molecule has 0 unspecified atom stereocenters. The van der Waals surface area contributed by atoms with Gasteiger partial charge in [0.15, 0.2) is 0 Å². The van der Waals surface area contributed by atoms with E-state index in [4.69, 9.17) is 16.3 Å². The summed E-state index contributed by atoms with van der Waals surface area (Å²) < 4.78 is 33.6. The van der Waals surface area contributed by atoms with Crippen molar-refractivity contribution >= 4 is 27.5 Å². The van der Waals surface area contributed by atoms with Crippen molar-refractivity contribution in [1.82, 2.24) is 9.62 Å². The lowest BCUT2D eigenvalue weighted by atomic mass is 10.1. The van der Waals surface area contributed by atoms with Gasteiger partial charge in [0.1, 0.15) is 10.6 Å². The molecule has 8 heteroatoms. The number of carbonyl (C=O) groups is 1. The lowest BCUT2D eigenvalue weighted by Gasteiger charge is -2.23. The maximum atomic E-state index is 13.4. The van der Waals surface area contributed by atoms with Crippen LogP contribution in [0.4, 0.5) is 0 Å². The van der Waals surface area contributed by atoms with Gasteiger partial charge in [-0.1, -0.05) is 54.1 Å². The molecule has 1 aliphatic rings. The van der Waals surface area contributed by atoms with E-state index in [-0.39, 0.29) is 28.4 Å². The zero-order chi connectivity index (χ0) is 23.4. The van der Waals surface area contributed by atoms with Crippen molar-refractivity contribution in [2.45, 2.75) is 36.9 Å². The summed E-state index contributed by atoms with van der Waals surface area (Å²) in [4.78, 5) is 15.1. The van der Waals surface area contributed by atoms with Crippen LogP contribution in [0.5, 0.6) is 5.75 Å². The molecule has 1 saturated carbocycles. The molecule has 0 radical (unpaired) electrons. The lowest BCUT2D eigenvalue weighted by Crippen LogP contribution is -2.33. The molecule has 6 nitrogen and oxygen atoms in total. The molecule has 4 rings (SSSR count). The highest BCUT2D eigenvalue weighted by Gasteiger charge is 2.33. The van der Waals surface area contributed by atoms with E-state index in [1.807, 2.05) is 54.6 Å². The summed E-state index contributed by atoms with van der Waals surface area (Å²) in [6.07, 6.45) is 1.86. The van der Waals surface area contributed by atoms with Gasteiger partial charge in [-0.15, -0.1) is 0 Å². The molecule has 1 N–H and O–H groups in total. The molecule has 1 amide bonds. The number of benzene rings is 3. The Morgan fingerprint density at radius 2 is 1.73 bits per heavy atom. The van der Waals surface area contributed by atoms with E-state index in [2.05, 4.69) is 4.72 Å². The Balaban J connectivity index is 1.55. The Morgan fingerprint density at radius 1 is 1.03 bits per heavy atom. The van der Waals surface area contributed by atoms with Crippen LogP contribution in [0.2, 0.25) is 5.02 Å². The van der Waals surface area contributed by atoms with Gasteiger partial charge in [-0.2, -0.15) is 0 Å². The van der Waals surface area contributed by atoms with Crippen LogP contribution in [0, 0.1) is 0 Å². The highest BCUT2D eigenvalue weighted by atomic mass is 35.5. The number of nitrogens with one attached hydrogen (secondary N) is 1. The first-order valence-electron chi connectivity index (χ1n) is 10.6. The van der Waals surface area contributed by atoms with Crippen molar-refractivity contribution < 1.29 is 17.9 Å². The Hall–Kier alpha value is -2.87. The van der Waals surface area contributed by atoms with E-state index in [1.54, 1.807) is 18.1 Å². The molecule has 1 fully saturated rings. The molecular weight excluding hydrogens is 460 g/mol. The lowest BCUT2D eigenvalue weighted by molar-refractivity contribution is 0.0729. The summed E-state index contributed by atoms with van der Waals surface area (Å²) in [6.45, 7) is 0.563. The zero-order valence-electron chi connectivity index (χ0n) is 18.2. The third-order valence-corrected chi connectivity index (χ3v) is 7.42. The molecule has 0 spiro atoms. The van der Waals surface area contributed by atoms with Crippen LogP contribution < -0.4 is 9.46 Å². The van der Waals surface area contributed by atoms with E-state index in [0.29, 0.717) is 12.1 Å². The largest absolute Gasteiger partial charge is 0.497 e. The number of rotatable bonds is 9. The van der Waals surface area contributed by atoms with Gasteiger partial charge < -0.3 is 9.64 Å². The number of sulfonamides is 1. The maximum absolute atomic E-state index is 13.4. The quantitative estimate of drug-likeness (QED) is 0.480. The number of hydrogen-bond donors (Lipinski definition) is 1. The van der Waals surface area contributed by atoms with Crippen molar-refractivity contribution in [3.8, 4) is 5.75 Å². The second-order valence-electron chi connectivity index (χ2n) is 7.97. The Morgan fingerprint density at radius 3 is 2.36 bits per heavy atom. The van der Waals surface area contributed by atoms with Gasteiger partial charge in [0.25, 0.3) is 5.91 Å². The fourth-order valence-electron chi connectivity index (χ4n) is 3.54. The van der Waals surface area contributed by atoms with E-state index < -0.39 is 10.0 Å². The molecule has 33 heavy (non-hydrogen) atoms. The van der Waals surface area contributed by atoms with E-state index >= 15 is 0 Å². The van der Waals surface area contributed by atoms with Crippen molar-refractivity contribution in [2.75, 3.05) is 7.11 Å². The number of ether oxygens (including phenoxy) is 1. The third-order valence-electron chi connectivity index (χ3n) is 5.54. The summed E-state index contributed by atoms with van der Waals surface area (Å²) in [6, 6.07) is 21.3. The molecule has 0 bridgehead atoms. The molecule has 3 aromatic rings. The molecule has 172 valence electrons. The summed E-state index contributed by atoms with van der Waals surface area (Å²) in [7, 11) is -2.30. The molecule has 0 heterocycles. The normalized spacial score (nSPS) is 13.5. The van der Waals surface area contributed by atoms with Crippen molar-refractivity contribution in [3.05, 3.63) is 94.5 Å². The summed E-state index contributed by atoms with van der Waals surface area (Å²) in [5, 5.41) is 0.0697. The van der Waals surface area contributed by atoms with Crippen molar-refractivity contribution in [2.24, 2.45) is 0 Å². The fourth-order valence-corrected chi connectivity index (χ4v) is 5.08. The van der Waals surface area contributed by atoms with Gasteiger partial charge in [-0.3, -0.25) is 4.79 Å². The molecular formula is C25H25ClN2O4S. The third kappa shape index (κ3) is 5.74. The average molecular weight is 485 g/mol. The minimum absolute atomic E-state index is 0.0697. The number of carbonyl (C=O) groups excluding carboxylic acids is 1. The number of nitrogens with zero attached hydrogens (tertiary/aromatic N) is 1. The Kier molecular flexibility index (Phi) is 7.02. The zero-order valence-corrected chi connectivity index (χ0v) is 19.8. The topological polar surface area (TPSA) is 75.7 Å². The maximum Gasteiger partial charge on any atom is 0.254 e. The molecule has 3 aromatic carbocycles. The molecule has 1 aliphatic carbocycles. The van der Waals surface area contributed by atoms with E-state index in [0.717, 1.165) is 29.7 Å². The van der Waals surface area contributed by atoms with Crippen LogP contribution in [0.3, 0.4) is 0 Å². The first-order chi connectivity index (χ1) is 15.9. The predicted molar refractivity (Wildman–Crippen MR) is 128 cm³/mol. The van der Waals surface area contributed by atoms with Crippen LogP contribution in [0.25, 0.3) is 0 Å². The van der Waals surface area contributed by atoms with Crippen LogP contribution in [0.1, 0.15) is 34.3 Å². The second-order valence-corrected chi connectivity index (χ2v) is 10.1. The molecule has 0 aromatic heterocycles. The van der Waals surface area contributed by atoms with Gasteiger partial charge in [-0.05, 0) is 54.3 Å². The first kappa shape index (κ1) is 23.3. The van der Waals surface area contributed by atoms with Crippen LogP contribution in [-0.2, 0) is 23.1 Å². The number of halogens is 1. The molecule has 0 atom stereocenters. The van der Waals surface area contributed by atoms with Crippen LogP contribution in [0.15, 0.2) is 77.7 Å². The van der Waals surface area contributed by atoms with Crippen molar-refractivity contribution in [3.63, 3.8) is 0 Å². The van der Waals surface area contributed by atoms with Gasteiger partial charge in [0.2, 0.25) is 10.0 Å². The SMILES string of the molecule is COc1ccc(CN(C(=O)c2ccc(Cl)c(S(=O)(=O)NCc3ccccc3)c2)C2CC2)cc1. The van der Waals surface area contributed by atoms with Gasteiger partial charge in [-0.25, -0.2) is 13.1 Å². The number of methoxy groups -OCH3 is 1. The Labute approximate surface area is 199 Å². The number of amides is 1. The Bertz CT molecular complexity index is 1230. The van der Waals surface area contributed by atoms with E-state index in [1.165, 1.54) is 12.1 Å². The predicted octanol–water partition coefficient (Wildman–Crippen LogP) is 4.63. The fraction of sp³-hybridized carbons (Fsp3) is 0.240. The van der Waals surface area contributed by atoms with Crippen LogP contribution in [-0.4, -0.2) is 32.4 Å². The monoisotopic (exact) mass is 484 g/mol. The molecule has 0 aliphatic heterocycles. The first-order valence-corrected chi connectivity index (χ1v) is 12.5. The summed E-state index contributed by atoms with van der Waals surface area (Å²) in [5.41, 5.74) is 2.09. The average Bonchev–Trinajstić information content (AvgIpc) is 3.67. The smallest absolute Gasteiger partial charge is 0.254 e. The standard InChI is InChI=1S/C25H25ClN2O4S/c1-32-22-12-7-19(8-13-22)17-28(21-10-11-21)25(29)20-9-14-23(26)24(15-20)33(30,31)27-16-18-5-3-2-4-6-18/h2-9,12-15,21,27H,10-11,16-17H2,1H3. The van der Waals surface area contributed by atoms with Crippen LogP contribution >= 0.6 is 11.6 Å². The summed E-state index contributed by atoms with van der Waals surface area (Å²) >= 11 is 6.22. The van der Waals surface area contributed by atoms with Gasteiger partial charge in [0, 0.05) is 24.7 Å². The summed E-state index contributed by atoms with van der Waals surface area (Å²) in [5.74, 6) is 0.531. The minimum atomic E-state index is -3.91. The molecule has 0 saturated heterocycles. The second kappa shape index (κ2) is 9.95. The minimum Gasteiger partial charge on any atom is -0.497 e. The van der Waals surface area contributed by atoms with E-state index in [9.17, 15) is 13.2 Å². The highest BCUT2D eigenvalue weighted by molar-refractivity contribution is 7.89. The van der Waals surface area contributed by atoms with Crippen molar-refractivity contribution in [1.29, 1.82) is 0 Å². The van der Waals surface area contributed by atoms with Gasteiger partial charge in [0.05, 0.1) is 12.1 Å². The number of hydrogen-bond acceptors (Lipinski definition) is 4.